The first-order valence-corrected chi connectivity index (χ1v) is 3.54. The van der Waals surface area contributed by atoms with Crippen LogP contribution in [0.4, 0.5) is 0 Å². The molecular weight excluding hydrogens is 140 g/mol. The molecule has 0 saturated heterocycles. The molecule has 0 spiro atoms. The molecule has 2 rings (SSSR count). The van der Waals surface area contributed by atoms with Gasteiger partial charge in [0.25, 0.3) is 0 Å². The third kappa shape index (κ3) is 1.00. The normalized spacial score (nSPS) is 15.5. The van der Waals surface area contributed by atoms with E-state index in [0.717, 1.165) is 0 Å². The van der Waals surface area contributed by atoms with E-state index >= 15 is 0 Å². The lowest BCUT2D eigenvalue weighted by atomic mass is 10.1. The van der Waals surface area contributed by atoms with E-state index in [-0.39, 0.29) is 5.78 Å². The van der Waals surface area contributed by atoms with Gasteiger partial charge in [-0.05, 0) is 18.2 Å². The smallest absolute Gasteiger partial charge is 0.170 e. The Morgan fingerprint density at radius 1 is 1.55 bits per heavy atom. The molecule has 0 saturated carbocycles. The summed E-state index contributed by atoms with van der Waals surface area (Å²) in [6.45, 7) is 0.510. The van der Waals surface area contributed by atoms with Crippen LogP contribution >= 0.6 is 0 Å². The second-order valence-electron chi connectivity index (χ2n) is 2.44. The number of carbonyl (C=O) groups is 1. The van der Waals surface area contributed by atoms with Crippen molar-refractivity contribution in [2.24, 2.45) is 0 Å². The lowest BCUT2D eigenvalue weighted by Gasteiger charge is -2.14. The Hall–Kier alpha value is -1.31. The highest BCUT2D eigenvalue weighted by Crippen LogP contribution is 2.22. The van der Waals surface area contributed by atoms with E-state index in [1.807, 2.05) is 0 Å². The quantitative estimate of drug-likeness (QED) is 0.555. The van der Waals surface area contributed by atoms with Crippen LogP contribution in [0.2, 0.25) is 0 Å². The molecule has 1 aliphatic heterocycles. The molecule has 0 unspecified atom stereocenters. The third-order valence-electron chi connectivity index (χ3n) is 1.71. The molecule has 1 heterocycles. The van der Waals surface area contributed by atoms with Gasteiger partial charge in [0, 0.05) is 6.42 Å². The van der Waals surface area contributed by atoms with Crippen LogP contribution in [0.5, 0.6) is 5.75 Å². The number of Topliss-reactive ketones (excluding diaryl/α,β-unsaturated/α-hetero) is 1. The molecule has 1 aromatic carbocycles. The van der Waals surface area contributed by atoms with E-state index < -0.39 is 0 Å². The molecule has 55 valence electrons. The molecule has 0 N–H and O–H groups in total. The van der Waals surface area contributed by atoms with Crippen LogP contribution in [0.3, 0.4) is 0 Å². The monoisotopic (exact) mass is 147 g/mol. The van der Waals surface area contributed by atoms with Gasteiger partial charge < -0.3 is 4.74 Å². The maximum Gasteiger partial charge on any atom is 0.170 e. The molecule has 1 aliphatic rings. The third-order valence-corrected chi connectivity index (χ3v) is 1.71. The Bertz CT molecular complexity index is 291. The van der Waals surface area contributed by atoms with Gasteiger partial charge in [-0.25, -0.2) is 0 Å². The van der Waals surface area contributed by atoms with Crippen LogP contribution in [0.1, 0.15) is 16.8 Å². The highest BCUT2D eigenvalue weighted by atomic mass is 16.5. The van der Waals surface area contributed by atoms with Crippen molar-refractivity contribution in [3.05, 3.63) is 29.8 Å². The molecule has 0 fully saturated rings. The first kappa shape index (κ1) is 6.40. The van der Waals surface area contributed by atoms with E-state index in [2.05, 4.69) is 6.07 Å². The summed E-state index contributed by atoms with van der Waals surface area (Å²) in [6.07, 6.45) is 0.491. The maximum absolute atomic E-state index is 11.2. The minimum absolute atomic E-state index is 0.156. The lowest BCUT2D eigenvalue weighted by molar-refractivity contribution is 0.0933. The fraction of sp³-hybridized carbons (Fsp3) is 0.222. The summed E-state index contributed by atoms with van der Waals surface area (Å²) in [5, 5.41) is 0. The maximum atomic E-state index is 11.2. The van der Waals surface area contributed by atoms with Crippen molar-refractivity contribution in [1.82, 2.24) is 0 Å². The first-order valence-electron chi connectivity index (χ1n) is 3.54. The zero-order valence-corrected chi connectivity index (χ0v) is 5.96. The summed E-state index contributed by atoms with van der Waals surface area (Å²) in [5.41, 5.74) is 0.666. The molecule has 0 aliphatic carbocycles. The predicted octanol–water partition coefficient (Wildman–Crippen LogP) is 1.45. The van der Waals surface area contributed by atoms with Crippen LogP contribution in [-0.4, -0.2) is 12.4 Å². The molecule has 0 amide bonds. The van der Waals surface area contributed by atoms with Gasteiger partial charge in [0.15, 0.2) is 5.78 Å². The van der Waals surface area contributed by atoms with Gasteiger partial charge in [0.1, 0.15) is 5.75 Å². The molecule has 1 aromatic rings. The Labute approximate surface area is 64.8 Å². The van der Waals surface area contributed by atoms with Gasteiger partial charge in [-0.2, -0.15) is 0 Å². The van der Waals surface area contributed by atoms with Crippen molar-refractivity contribution in [3.8, 4) is 5.75 Å². The Kier molecular flexibility index (Phi) is 1.39. The topological polar surface area (TPSA) is 26.3 Å². The van der Waals surface area contributed by atoms with Crippen LogP contribution in [-0.2, 0) is 0 Å². The van der Waals surface area contributed by atoms with Crippen molar-refractivity contribution in [1.29, 1.82) is 0 Å². The van der Waals surface area contributed by atoms with Crippen LogP contribution in [0.15, 0.2) is 18.2 Å². The summed E-state index contributed by atoms with van der Waals surface area (Å²) in [4.78, 5) is 11.2. The summed E-state index contributed by atoms with van der Waals surface area (Å²) < 4.78 is 5.25. The second kappa shape index (κ2) is 2.38. The zero-order chi connectivity index (χ0) is 7.68. The number of ketones is 1. The molecule has 11 heavy (non-hydrogen) atoms. The minimum Gasteiger partial charge on any atom is -0.492 e. The average molecular weight is 147 g/mol. The molecule has 0 atom stereocenters. The molecule has 0 bridgehead atoms. The van der Waals surface area contributed by atoms with E-state index in [0.29, 0.717) is 24.3 Å². The van der Waals surface area contributed by atoms with Gasteiger partial charge in [0.05, 0.1) is 12.2 Å². The number of benzene rings is 1. The SMILES string of the molecule is O=C1CCOc2cc[c]cc21. The number of carbonyl (C=O) groups excluding carboxylic acids is 1. The molecular formula is C9H7O2. The van der Waals surface area contributed by atoms with E-state index in [4.69, 9.17) is 4.74 Å². The summed E-state index contributed by atoms with van der Waals surface area (Å²) in [5.74, 6) is 0.850. The van der Waals surface area contributed by atoms with Gasteiger partial charge in [-0.1, -0.05) is 6.07 Å². The van der Waals surface area contributed by atoms with Crippen molar-refractivity contribution in [2.75, 3.05) is 6.61 Å². The number of ether oxygens (including phenoxy) is 1. The van der Waals surface area contributed by atoms with E-state index in [1.54, 1.807) is 18.2 Å². The fourth-order valence-electron chi connectivity index (χ4n) is 1.15. The molecule has 0 aromatic heterocycles. The fourth-order valence-corrected chi connectivity index (χ4v) is 1.15. The molecule has 2 heteroatoms. The average Bonchev–Trinajstić information content (AvgIpc) is 2.06. The highest BCUT2D eigenvalue weighted by molar-refractivity contribution is 5.99. The van der Waals surface area contributed by atoms with Crippen LogP contribution in [0, 0.1) is 6.07 Å². The molecule has 2 nitrogen and oxygen atoms in total. The standard InChI is InChI=1S/C9H7O2/c10-8-5-6-11-9-4-2-1-3-7(8)9/h2-4H,5-6H2. The van der Waals surface area contributed by atoms with E-state index in [9.17, 15) is 4.79 Å². The van der Waals surface area contributed by atoms with Crippen molar-refractivity contribution < 1.29 is 9.53 Å². The number of hydrogen-bond acceptors (Lipinski definition) is 2. The van der Waals surface area contributed by atoms with Crippen molar-refractivity contribution in [3.63, 3.8) is 0 Å². The van der Waals surface area contributed by atoms with Crippen molar-refractivity contribution >= 4 is 5.78 Å². The Balaban J connectivity index is 2.52. The zero-order valence-electron chi connectivity index (χ0n) is 5.96. The largest absolute Gasteiger partial charge is 0.492 e. The van der Waals surface area contributed by atoms with E-state index in [1.165, 1.54) is 0 Å². The highest BCUT2D eigenvalue weighted by Gasteiger charge is 2.16. The Morgan fingerprint density at radius 3 is 3.27 bits per heavy atom. The Morgan fingerprint density at radius 2 is 2.45 bits per heavy atom. The number of hydrogen-bond donors (Lipinski definition) is 0. The minimum atomic E-state index is 0.156. The summed E-state index contributed by atoms with van der Waals surface area (Å²) in [7, 11) is 0. The van der Waals surface area contributed by atoms with Crippen LogP contribution in [0.25, 0.3) is 0 Å². The predicted molar refractivity (Wildman–Crippen MR) is 39.7 cm³/mol. The number of fused-ring (bicyclic) bond motifs is 1. The molecule has 1 radical (unpaired) electrons. The van der Waals surface area contributed by atoms with Crippen molar-refractivity contribution in [2.45, 2.75) is 6.42 Å². The number of rotatable bonds is 0. The lowest BCUT2D eigenvalue weighted by Crippen LogP contribution is -2.14. The van der Waals surface area contributed by atoms with Crippen LogP contribution < -0.4 is 4.74 Å². The summed E-state index contributed by atoms with van der Waals surface area (Å²) in [6, 6.07) is 8.05. The summed E-state index contributed by atoms with van der Waals surface area (Å²) >= 11 is 0. The second-order valence-corrected chi connectivity index (χ2v) is 2.44. The van der Waals surface area contributed by atoms with Gasteiger partial charge >= 0.3 is 0 Å². The first-order chi connectivity index (χ1) is 5.38. The van der Waals surface area contributed by atoms with Gasteiger partial charge in [-0.15, -0.1) is 0 Å². The van der Waals surface area contributed by atoms with Gasteiger partial charge in [-0.3, -0.25) is 4.79 Å². The van der Waals surface area contributed by atoms with Gasteiger partial charge in [0.2, 0.25) is 0 Å².